The van der Waals surface area contributed by atoms with Gasteiger partial charge in [0.1, 0.15) is 0 Å². The zero-order valence-electron chi connectivity index (χ0n) is 16.9. The summed E-state index contributed by atoms with van der Waals surface area (Å²) in [6.45, 7) is 4.15. The van der Waals surface area contributed by atoms with Gasteiger partial charge in [-0.3, -0.25) is 4.79 Å². The van der Waals surface area contributed by atoms with Gasteiger partial charge in [0.25, 0.3) is 0 Å². The minimum absolute atomic E-state index is 0.00160. The highest BCUT2D eigenvalue weighted by atomic mass is 35.5. The lowest BCUT2D eigenvalue weighted by atomic mass is 9.75. The Hall–Kier alpha value is -2.47. The lowest BCUT2D eigenvalue weighted by molar-refractivity contribution is -0.139. The predicted molar refractivity (Wildman–Crippen MR) is 110 cm³/mol. The van der Waals surface area contributed by atoms with Crippen LogP contribution in [0.1, 0.15) is 57.4 Å². The highest BCUT2D eigenvalue weighted by Crippen LogP contribution is 2.46. The molecular weight excluding hydrogens is 394 g/mol. The van der Waals surface area contributed by atoms with Crippen LogP contribution in [0.15, 0.2) is 34.7 Å². The minimum atomic E-state index is -0.625. The van der Waals surface area contributed by atoms with E-state index in [1.807, 2.05) is 13.8 Å². The number of halogens is 1. The summed E-state index contributed by atoms with van der Waals surface area (Å²) >= 11 is 6.22. The number of methoxy groups -OCH3 is 1. The molecule has 0 saturated heterocycles. The molecule has 0 radical (unpaired) electrons. The molecule has 156 valence electrons. The monoisotopic (exact) mass is 419 g/mol. The molecule has 2 N–H and O–H groups in total. The molecule has 2 aliphatic rings. The Morgan fingerprint density at radius 2 is 2.10 bits per heavy atom. The van der Waals surface area contributed by atoms with Gasteiger partial charge in [0.2, 0.25) is 0 Å². The van der Waals surface area contributed by atoms with Crippen molar-refractivity contribution >= 4 is 23.4 Å². The highest BCUT2D eigenvalue weighted by Gasteiger charge is 2.39. The van der Waals surface area contributed by atoms with Gasteiger partial charge in [-0.25, -0.2) is 4.79 Å². The molecule has 0 unspecified atom stereocenters. The van der Waals surface area contributed by atoms with Crippen molar-refractivity contribution < 1.29 is 24.2 Å². The number of aromatic hydroxyl groups is 1. The first-order valence-electron chi connectivity index (χ1n) is 9.86. The maximum Gasteiger partial charge on any atom is 0.336 e. The summed E-state index contributed by atoms with van der Waals surface area (Å²) in [7, 11) is 1.43. The maximum atomic E-state index is 13.0. The van der Waals surface area contributed by atoms with Crippen molar-refractivity contribution in [1.82, 2.24) is 5.32 Å². The maximum absolute atomic E-state index is 13.0. The van der Waals surface area contributed by atoms with E-state index in [-0.39, 0.29) is 22.3 Å². The molecule has 0 bridgehead atoms. The molecule has 1 heterocycles. The van der Waals surface area contributed by atoms with E-state index in [0.29, 0.717) is 35.4 Å². The highest BCUT2D eigenvalue weighted by molar-refractivity contribution is 6.32. The smallest absolute Gasteiger partial charge is 0.336 e. The summed E-state index contributed by atoms with van der Waals surface area (Å²) in [6, 6.07) is 3.20. The zero-order chi connectivity index (χ0) is 21.1. The van der Waals surface area contributed by atoms with E-state index in [9.17, 15) is 14.7 Å². The number of phenols is 1. The average molecular weight is 420 g/mol. The summed E-state index contributed by atoms with van der Waals surface area (Å²) in [6.07, 6.45) is 3.60. The van der Waals surface area contributed by atoms with Gasteiger partial charge < -0.3 is 19.9 Å². The molecule has 1 atom stereocenters. The van der Waals surface area contributed by atoms with Crippen LogP contribution in [0.2, 0.25) is 5.02 Å². The van der Waals surface area contributed by atoms with Crippen molar-refractivity contribution in [2.45, 2.75) is 51.9 Å². The quantitative estimate of drug-likeness (QED) is 0.526. The molecule has 1 aliphatic heterocycles. The molecule has 1 aromatic rings. The Morgan fingerprint density at radius 1 is 1.34 bits per heavy atom. The third-order valence-electron chi connectivity index (χ3n) is 5.33. The van der Waals surface area contributed by atoms with Crippen molar-refractivity contribution in [2.75, 3.05) is 13.7 Å². The number of hydrogen-bond donors (Lipinski definition) is 2. The largest absolute Gasteiger partial charge is 0.503 e. The molecule has 0 amide bonds. The third-order valence-corrected chi connectivity index (χ3v) is 5.62. The minimum Gasteiger partial charge on any atom is -0.503 e. The van der Waals surface area contributed by atoms with Gasteiger partial charge in [0, 0.05) is 29.3 Å². The predicted octanol–water partition coefficient (Wildman–Crippen LogP) is 4.37. The van der Waals surface area contributed by atoms with Crippen molar-refractivity contribution in [3.8, 4) is 11.5 Å². The van der Waals surface area contributed by atoms with Crippen molar-refractivity contribution in [2.24, 2.45) is 0 Å². The number of ether oxygens (including phenoxy) is 2. The van der Waals surface area contributed by atoms with Crippen LogP contribution in [0, 0.1) is 0 Å². The SMILES string of the molecule is CCCCOC(=O)C1=C(C)NC2=C(C(=O)CCC2)[C@@H]1c1cc(Cl)c(O)c(OC)c1. The number of unbranched alkanes of at least 4 members (excludes halogenated alkanes) is 1. The van der Waals surface area contributed by atoms with Crippen LogP contribution in [0.25, 0.3) is 0 Å². The van der Waals surface area contributed by atoms with Crippen LogP contribution in [0.4, 0.5) is 0 Å². The van der Waals surface area contributed by atoms with Crippen molar-refractivity contribution in [3.63, 3.8) is 0 Å². The standard InChI is InChI=1S/C22H26ClNO5/c1-4-5-9-29-22(27)18-12(2)24-15-7-6-8-16(25)20(15)19(18)13-10-14(23)21(26)17(11-13)28-3/h10-11,19,24,26H,4-9H2,1-3H3/t19-/m1/s1. The van der Waals surface area contributed by atoms with E-state index >= 15 is 0 Å². The van der Waals surface area contributed by atoms with Crippen LogP contribution >= 0.6 is 11.6 Å². The van der Waals surface area contributed by atoms with Gasteiger partial charge in [-0.15, -0.1) is 0 Å². The van der Waals surface area contributed by atoms with Crippen molar-refractivity contribution in [3.05, 3.63) is 45.3 Å². The van der Waals surface area contributed by atoms with Crippen LogP contribution in [0.5, 0.6) is 11.5 Å². The molecule has 0 aromatic heterocycles. The lowest BCUT2D eigenvalue weighted by Gasteiger charge is -2.34. The summed E-state index contributed by atoms with van der Waals surface area (Å²) in [4.78, 5) is 25.9. The Bertz CT molecular complexity index is 903. The van der Waals surface area contributed by atoms with Crippen LogP contribution in [0.3, 0.4) is 0 Å². The van der Waals surface area contributed by atoms with E-state index in [1.165, 1.54) is 7.11 Å². The summed E-state index contributed by atoms with van der Waals surface area (Å²) in [5, 5.41) is 13.5. The van der Waals surface area contributed by atoms with Crippen molar-refractivity contribution in [1.29, 1.82) is 0 Å². The number of dihydropyridines is 1. The van der Waals surface area contributed by atoms with E-state index in [4.69, 9.17) is 21.1 Å². The second-order valence-electron chi connectivity index (χ2n) is 7.31. The molecule has 0 spiro atoms. The normalized spacial score (nSPS) is 19.0. The van der Waals surface area contributed by atoms with Crippen LogP contribution in [-0.2, 0) is 14.3 Å². The fourth-order valence-corrected chi connectivity index (χ4v) is 4.11. The van der Waals surface area contributed by atoms with Gasteiger partial charge in [-0.1, -0.05) is 24.9 Å². The second kappa shape index (κ2) is 8.91. The molecule has 1 aliphatic carbocycles. The number of ketones is 1. The number of allylic oxidation sites excluding steroid dienone is 3. The molecule has 3 rings (SSSR count). The summed E-state index contributed by atoms with van der Waals surface area (Å²) in [5.74, 6) is -1.07. The Morgan fingerprint density at radius 3 is 2.79 bits per heavy atom. The Labute approximate surface area is 175 Å². The third kappa shape index (κ3) is 4.13. The Balaban J connectivity index is 2.13. The fourth-order valence-electron chi connectivity index (χ4n) is 3.89. The Kier molecular flexibility index (Phi) is 6.52. The molecule has 6 nitrogen and oxygen atoms in total. The first kappa shape index (κ1) is 21.2. The number of carbonyl (C=O) groups is 2. The lowest BCUT2D eigenvalue weighted by Crippen LogP contribution is -2.34. The van der Waals surface area contributed by atoms with Crippen LogP contribution in [-0.4, -0.2) is 30.6 Å². The van der Waals surface area contributed by atoms with Gasteiger partial charge in [0.15, 0.2) is 17.3 Å². The number of nitrogens with one attached hydrogen (secondary N) is 1. The topological polar surface area (TPSA) is 84.9 Å². The zero-order valence-corrected chi connectivity index (χ0v) is 17.7. The second-order valence-corrected chi connectivity index (χ2v) is 7.72. The molecule has 1 aromatic carbocycles. The van der Waals surface area contributed by atoms with E-state index < -0.39 is 11.9 Å². The van der Waals surface area contributed by atoms with E-state index in [0.717, 1.165) is 31.4 Å². The molecular formula is C22H26ClNO5. The fraction of sp³-hybridized carbons (Fsp3) is 0.455. The first-order valence-corrected chi connectivity index (χ1v) is 10.2. The number of benzene rings is 1. The summed E-state index contributed by atoms with van der Waals surface area (Å²) < 4.78 is 10.7. The summed E-state index contributed by atoms with van der Waals surface area (Å²) in [5.41, 5.74) is 3.05. The number of esters is 1. The average Bonchev–Trinajstić information content (AvgIpc) is 2.69. The number of Topliss-reactive ketones (excluding diaryl/α,β-unsaturated/α-hetero) is 1. The van der Waals surface area contributed by atoms with Gasteiger partial charge in [0.05, 0.1) is 24.3 Å². The first-order chi connectivity index (χ1) is 13.9. The number of hydrogen-bond acceptors (Lipinski definition) is 6. The van der Waals surface area contributed by atoms with E-state index in [2.05, 4.69) is 5.32 Å². The van der Waals surface area contributed by atoms with Gasteiger partial charge >= 0.3 is 5.97 Å². The van der Waals surface area contributed by atoms with E-state index in [1.54, 1.807) is 12.1 Å². The molecule has 0 saturated carbocycles. The number of rotatable bonds is 6. The van der Waals surface area contributed by atoms with Gasteiger partial charge in [-0.2, -0.15) is 0 Å². The molecule has 29 heavy (non-hydrogen) atoms. The molecule has 7 heteroatoms. The number of carbonyl (C=O) groups excluding carboxylic acids is 2. The van der Waals surface area contributed by atoms with Gasteiger partial charge in [-0.05, 0) is 43.9 Å². The molecule has 0 fully saturated rings. The van der Waals surface area contributed by atoms with Crippen LogP contribution < -0.4 is 10.1 Å². The number of phenolic OH excluding ortho intramolecular Hbond substituents is 1.